The summed E-state index contributed by atoms with van der Waals surface area (Å²) < 4.78 is 0. The van der Waals surface area contributed by atoms with Gasteiger partial charge < -0.3 is 10.0 Å². The minimum Gasteiger partial charge on any atom is -0.481 e. The van der Waals surface area contributed by atoms with E-state index in [9.17, 15) is 4.79 Å². The van der Waals surface area contributed by atoms with Crippen LogP contribution in [0.15, 0.2) is 0 Å². The van der Waals surface area contributed by atoms with Crippen LogP contribution < -0.4 is 0 Å². The van der Waals surface area contributed by atoms with Gasteiger partial charge in [0, 0.05) is 12.5 Å². The average Bonchev–Trinajstić information content (AvgIpc) is 2.03. The zero-order valence-electron chi connectivity index (χ0n) is 8.49. The third kappa shape index (κ3) is 2.99. The lowest BCUT2D eigenvalue weighted by atomic mass is 9.82. The van der Waals surface area contributed by atoms with Gasteiger partial charge in [0.25, 0.3) is 0 Å². The number of nitrogens with zero attached hydrogens (tertiary/aromatic N) is 1. The molecule has 1 rings (SSSR count). The predicted molar refractivity (Wildman–Crippen MR) is 51.7 cm³/mol. The minimum absolute atomic E-state index is 0.336. The largest absolute Gasteiger partial charge is 0.481 e. The van der Waals surface area contributed by atoms with Gasteiger partial charge in [0.1, 0.15) is 0 Å². The lowest BCUT2D eigenvalue weighted by molar-refractivity contribution is -0.138. The Balaban J connectivity index is 2.51. The zero-order valence-corrected chi connectivity index (χ0v) is 8.49. The second kappa shape index (κ2) is 4.61. The first kappa shape index (κ1) is 10.5. The van der Waals surface area contributed by atoms with Crippen LogP contribution in [-0.2, 0) is 4.79 Å². The third-order valence-corrected chi connectivity index (χ3v) is 2.97. The number of aliphatic carboxylic acids is 1. The smallest absolute Gasteiger partial charge is 0.303 e. The Kier molecular flexibility index (Phi) is 3.72. The average molecular weight is 185 g/mol. The highest BCUT2D eigenvalue weighted by Gasteiger charge is 2.28. The molecular formula is C10H19NO2. The molecule has 13 heavy (non-hydrogen) atoms. The van der Waals surface area contributed by atoms with Crippen molar-refractivity contribution in [3.63, 3.8) is 0 Å². The van der Waals surface area contributed by atoms with Crippen LogP contribution in [0.1, 0.15) is 32.1 Å². The Bertz CT molecular complexity index is 180. The van der Waals surface area contributed by atoms with Crippen molar-refractivity contribution >= 4 is 5.97 Å². The standard InChI is InChI=1S/C10H19NO2/c1-11(2)9-6-4-3-5-8(9)7-10(12)13/h8-9H,3-7H2,1-2H3,(H,12,13)/t8-,9-/m1/s1. The van der Waals surface area contributed by atoms with E-state index in [2.05, 4.69) is 4.90 Å². The summed E-state index contributed by atoms with van der Waals surface area (Å²) in [6.45, 7) is 0. The molecular weight excluding hydrogens is 166 g/mol. The zero-order chi connectivity index (χ0) is 9.84. The Morgan fingerprint density at radius 2 is 2.00 bits per heavy atom. The molecule has 0 aromatic heterocycles. The molecule has 0 amide bonds. The van der Waals surface area contributed by atoms with E-state index >= 15 is 0 Å². The summed E-state index contributed by atoms with van der Waals surface area (Å²) in [5.74, 6) is -0.292. The summed E-state index contributed by atoms with van der Waals surface area (Å²) in [5, 5.41) is 8.75. The maximum Gasteiger partial charge on any atom is 0.303 e. The van der Waals surface area contributed by atoms with Crippen molar-refractivity contribution in [2.75, 3.05) is 14.1 Å². The van der Waals surface area contributed by atoms with Crippen molar-refractivity contribution < 1.29 is 9.90 Å². The maximum absolute atomic E-state index is 10.6. The van der Waals surface area contributed by atoms with E-state index in [0.717, 1.165) is 12.8 Å². The monoisotopic (exact) mass is 185 g/mol. The first-order valence-electron chi connectivity index (χ1n) is 4.99. The molecule has 76 valence electrons. The van der Waals surface area contributed by atoms with Crippen molar-refractivity contribution in [2.24, 2.45) is 5.92 Å². The predicted octanol–water partition coefficient (Wildman–Crippen LogP) is 1.58. The van der Waals surface area contributed by atoms with E-state index in [1.54, 1.807) is 0 Å². The number of carboxylic acids is 1. The molecule has 1 aliphatic rings. The summed E-state index contributed by atoms with van der Waals surface area (Å²) in [7, 11) is 4.09. The number of hydrogen-bond acceptors (Lipinski definition) is 2. The van der Waals surface area contributed by atoms with Gasteiger partial charge >= 0.3 is 5.97 Å². The van der Waals surface area contributed by atoms with E-state index in [0.29, 0.717) is 18.4 Å². The molecule has 1 fully saturated rings. The van der Waals surface area contributed by atoms with Gasteiger partial charge in [0.05, 0.1) is 0 Å². The van der Waals surface area contributed by atoms with E-state index in [4.69, 9.17) is 5.11 Å². The summed E-state index contributed by atoms with van der Waals surface area (Å²) in [5.41, 5.74) is 0. The van der Waals surface area contributed by atoms with E-state index in [-0.39, 0.29) is 0 Å². The molecule has 0 unspecified atom stereocenters. The molecule has 0 heterocycles. The molecule has 2 atom stereocenters. The van der Waals surface area contributed by atoms with Gasteiger partial charge in [-0.05, 0) is 32.9 Å². The maximum atomic E-state index is 10.6. The number of carbonyl (C=O) groups is 1. The number of rotatable bonds is 3. The van der Waals surface area contributed by atoms with Gasteiger partial charge in [0.2, 0.25) is 0 Å². The molecule has 0 aromatic carbocycles. The number of carboxylic acid groups (broad SMARTS) is 1. The fourth-order valence-corrected chi connectivity index (χ4v) is 2.33. The van der Waals surface area contributed by atoms with Crippen molar-refractivity contribution in [3.05, 3.63) is 0 Å². The van der Waals surface area contributed by atoms with Crippen LogP contribution in [0.4, 0.5) is 0 Å². The first-order valence-corrected chi connectivity index (χ1v) is 4.99. The molecule has 0 spiro atoms. The van der Waals surface area contributed by atoms with Crippen molar-refractivity contribution in [1.29, 1.82) is 0 Å². The Morgan fingerprint density at radius 1 is 1.38 bits per heavy atom. The molecule has 0 radical (unpaired) electrons. The highest BCUT2D eigenvalue weighted by atomic mass is 16.4. The summed E-state index contributed by atoms with van der Waals surface area (Å²) in [6, 6.07) is 0.477. The molecule has 1 N–H and O–H groups in total. The van der Waals surface area contributed by atoms with Gasteiger partial charge in [-0.25, -0.2) is 0 Å². The topological polar surface area (TPSA) is 40.5 Å². The molecule has 1 saturated carbocycles. The van der Waals surface area contributed by atoms with Gasteiger partial charge in [-0.3, -0.25) is 4.79 Å². The van der Waals surface area contributed by atoms with Gasteiger partial charge in [0.15, 0.2) is 0 Å². The lowest BCUT2D eigenvalue weighted by Gasteiger charge is -2.35. The fraction of sp³-hybridized carbons (Fsp3) is 0.900. The second-order valence-electron chi connectivity index (χ2n) is 4.17. The lowest BCUT2D eigenvalue weighted by Crippen LogP contribution is -2.38. The summed E-state index contributed by atoms with van der Waals surface area (Å²) in [6.07, 6.45) is 5.02. The van der Waals surface area contributed by atoms with Gasteiger partial charge in [-0.1, -0.05) is 12.8 Å². The highest BCUT2D eigenvalue weighted by Crippen LogP contribution is 2.29. The number of hydrogen-bond donors (Lipinski definition) is 1. The van der Waals surface area contributed by atoms with Crippen LogP contribution in [0.2, 0.25) is 0 Å². The van der Waals surface area contributed by atoms with Gasteiger partial charge in [-0.2, -0.15) is 0 Å². The van der Waals surface area contributed by atoms with Crippen LogP contribution in [0, 0.1) is 5.92 Å². The van der Waals surface area contributed by atoms with Crippen LogP contribution >= 0.6 is 0 Å². The SMILES string of the molecule is CN(C)[C@@H]1CCCC[C@@H]1CC(=O)O. The van der Waals surface area contributed by atoms with Gasteiger partial charge in [-0.15, -0.1) is 0 Å². The Hall–Kier alpha value is -0.570. The molecule has 1 aliphatic carbocycles. The second-order valence-corrected chi connectivity index (χ2v) is 4.17. The van der Waals surface area contributed by atoms with Crippen molar-refractivity contribution in [3.8, 4) is 0 Å². The van der Waals surface area contributed by atoms with Crippen LogP contribution in [0.5, 0.6) is 0 Å². The Labute approximate surface area is 79.7 Å². The normalized spacial score (nSPS) is 29.2. The van der Waals surface area contributed by atoms with Crippen LogP contribution in [0.25, 0.3) is 0 Å². The quantitative estimate of drug-likeness (QED) is 0.725. The third-order valence-electron chi connectivity index (χ3n) is 2.97. The molecule has 0 saturated heterocycles. The first-order chi connectivity index (χ1) is 6.11. The summed E-state index contributed by atoms with van der Waals surface area (Å²) >= 11 is 0. The molecule has 0 aromatic rings. The van der Waals surface area contributed by atoms with E-state index in [1.165, 1.54) is 12.8 Å². The minimum atomic E-state index is -0.654. The van der Waals surface area contributed by atoms with Crippen molar-refractivity contribution in [1.82, 2.24) is 4.90 Å². The van der Waals surface area contributed by atoms with E-state index < -0.39 is 5.97 Å². The highest BCUT2D eigenvalue weighted by molar-refractivity contribution is 5.67. The molecule has 0 aliphatic heterocycles. The van der Waals surface area contributed by atoms with Crippen molar-refractivity contribution in [2.45, 2.75) is 38.1 Å². The Morgan fingerprint density at radius 3 is 2.54 bits per heavy atom. The fourth-order valence-electron chi connectivity index (χ4n) is 2.33. The summed E-state index contributed by atoms with van der Waals surface area (Å²) in [4.78, 5) is 12.8. The van der Waals surface area contributed by atoms with Crippen LogP contribution in [-0.4, -0.2) is 36.1 Å². The molecule has 3 heteroatoms. The molecule has 3 nitrogen and oxygen atoms in total. The van der Waals surface area contributed by atoms with E-state index in [1.807, 2.05) is 14.1 Å². The molecule has 0 bridgehead atoms. The van der Waals surface area contributed by atoms with Crippen LogP contribution in [0.3, 0.4) is 0 Å².